The second-order valence-corrected chi connectivity index (χ2v) is 9.24. The van der Waals surface area contributed by atoms with Gasteiger partial charge < -0.3 is 9.64 Å². The molecule has 0 bridgehead atoms. The molecule has 0 fully saturated rings. The maximum atomic E-state index is 6.27. The van der Waals surface area contributed by atoms with E-state index >= 15 is 0 Å². The SMILES string of the molecule is CCc1ccc(-c2cc(-c3ccc(CC)cc3)cc(N3c4ccccc4Oc4ccccc43)c2)cc1. The molecule has 5 aromatic rings. The third-order valence-corrected chi connectivity index (χ3v) is 7.00. The van der Waals surface area contributed by atoms with Gasteiger partial charge in [-0.3, -0.25) is 0 Å². The summed E-state index contributed by atoms with van der Waals surface area (Å²) in [6, 6.07) is 41.3. The quantitative estimate of drug-likeness (QED) is 0.250. The molecule has 1 heterocycles. The molecule has 176 valence electrons. The molecule has 0 amide bonds. The molecular weight excluding hydrogens is 438 g/mol. The zero-order valence-electron chi connectivity index (χ0n) is 20.7. The van der Waals surface area contributed by atoms with Gasteiger partial charge in [-0.25, -0.2) is 0 Å². The van der Waals surface area contributed by atoms with Crippen LogP contribution in [0.4, 0.5) is 17.1 Å². The van der Waals surface area contributed by atoms with E-state index in [0.29, 0.717) is 0 Å². The number of aryl methyl sites for hydroxylation is 2. The van der Waals surface area contributed by atoms with Crippen molar-refractivity contribution in [3.63, 3.8) is 0 Å². The van der Waals surface area contributed by atoms with Crippen LogP contribution in [-0.4, -0.2) is 0 Å². The maximum Gasteiger partial charge on any atom is 0.151 e. The molecule has 0 saturated heterocycles. The summed E-state index contributed by atoms with van der Waals surface area (Å²) in [5.74, 6) is 1.73. The smallest absolute Gasteiger partial charge is 0.151 e. The molecule has 5 aromatic carbocycles. The van der Waals surface area contributed by atoms with Crippen molar-refractivity contribution in [1.82, 2.24) is 0 Å². The molecule has 0 spiro atoms. The Morgan fingerprint density at radius 2 is 0.944 bits per heavy atom. The standard InChI is InChI=1S/C34H29NO/c1-3-24-13-17-26(18-14-24)28-21-29(27-19-15-25(4-2)16-20-27)23-30(22-28)35-31-9-5-7-11-33(31)36-34-12-8-6-10-32(34)35/h5-23H,3-4H2,1-2H3. The predicted molar refractivity (Wildman–Crippen MR) is 151 cm³/mol. The van der Waals surface area contributed by atoms with Crippen LogP contribution in [0.1, 0.15) is 25.0 Å². The molecule has 2 heteroatoms. The number of benzene rings is 5. The normalized spacial score (nSPS) is 12.0. The van der Waals surface area contributed by atoms with Gasteiger partial charge in [0, 0.05) is 5.69 Å². The molecule has 2 nitrogen and oxygen atoms in total. The van der Waals surface area contributed by atoms with Crippen LogP contribution in [0.15, 0.2) is 115 Å². The van der Waals surface area contributed by atoms with Crippen molar-refractivity contribution in [2.24, 2.45) is 0 Å². The fraction of sp³-hybridized carbons (Fsp3) is 0.118. The van der Waals surface area contributed by atoms with Crippen molar-refractivity contribution in [1.29, 1.82) is 0 Å². The first kappa shape index (κ1) is 22.2. The number of hydrogen-bond acceptors (Lipinski definition) is 2. The van der Waals surface area contributed by atoms with Gasteiger partial charge >= 0.3 is 0 Å². The van der Waals surface area contributed by atoms with E-state index in [0.717, 1.165) is 41.4 Å². The van der Waals surface area contributed by atoms with E-state index in [2.05, 4.69) is 110 Å². The Bertz CT molecular complexity index is 1410. The summed E-state index contributed by atoms with van der Waals surface area (Å²) in [4.78, 5) is 2.32. The van der Waals surface area contributed by atoms with Crippen LogP contribution in [-0.2, 0) is 12.8 Å². The second-order valence-electron chi connectivity index (χ2n) is 9.24. The molecule has 0 aromatic heterocycles. The molecular formula is C34H29NO. The highest BCUT2D eigenvalue weighted by atomic mass is 16.5. The van der Waals surface area contributed by atoms with Crippen molar-refractivity contribution < 1.29 is 4.74 Å². The molecule has 0 saturated carbocycles. The van der Waals surface area contributed by atoms with Gasteiger partial charge in [-0.05, 0) is 88.7 Å². The van der Waals surface area contributed by atoms with Gasteiger partial charge in [-0.15, -0.1) is 0 Å². The van der Waals surface area contributed by atoms with Crippen LogP contribution in [0.2, 0.25) is 0 Å². The van der Waals surface area contributed by atoms with Crippen LogP contribution >= 0.6 is 0 Å². The third kappa shape index (κ3) is 4.05. The fourth-order valence-electron chi connectivity index (χ4n) is 4.92. The van der Waals surface area contributed by atoms with E-state index < -0.39 is 0 Å². The van der Waals surface area contributed by atoms with Gasteiger partial charge in [0.15, 0.2) is 11.5 Å². The Morgan fingerprint density at radius 3 is 1.39 bits per heavy atom. The van der Waals surface area contributed by atoms with Gasteiger partial charge in [-0.1, -0.05) is 86.6 Å². The first-order chi connectivity index (χ1) is 17.7. The fourth-order valence-corrected chi connectivity index (χ4v) is 4.92. The number of fused-ring (bicyclic) bond motifs is 2. The topological polar surface area (TPSA) is 12.5 Å². The first-order valence-corrected chi connectivity index (χ1v) is 12.7. The van der Waals surface area contributed by atoms with Gasteiger partial charge in [0.05, 0.1) is 11.4 Å². The average Bonchev–Trinajstić information content (AvgIpc) is 2.95. The van der Waals surface area contributed by atoms with Gasteiger partial charge in [0.25, 0.3) is 0 Å². The Labute approximate surface area is 213 Å². The molecule has 0 unspecified atom stereocenters. The molecule has 0 aliphatic carbocycles. The molecule has 0 radical (unpaired) electrons. The van der Waals surface area contributed by atoms with Gasteiger partial charge in [0.1, 0.15) is 0 Å². The average molecular weight is 468 g/mol. The Balaban J connectivity index is 1.56. The van der Waals surface area contributed by atoms with Crippen LogP contribution in [0, 0.1) is 0 Å². The van der Waals surface area contributed by atoms with Gasteiger partial charge in [-0.2, -0.15) is 0 Å². The molecule has 6 rings (SSSR count). The molecule has 36 heavy (non-hydrogen) atoms. The van der Waals surface area contributed by atoms with Crippen molar-refractivity contribution in [2.45, 2.75) is 26.7 Å². The highest BCUT2D eigenvalue weighted by Gasteiger charge is 2.26. The Hall–Kier alpha value is -4.30. The summed E-state index contributed by atoms with van der Waals surface area (Å²) in [5, 5.41) is 0. The summed E-state index contributed by atoms with van der Waals surface area (Å²) in [5.41, 5.74) is 10.7. The van der Waals surface area contributed by atoms with Crippen molar-refractivity contribution in [3.05, 3.63) is 126 Å². The van der Waals surface area contributed by atoms with E-state index in [4.69, 9.17) is 4.74 Å². The van der Waals surface area contributed by atoms with Crippen LogP contribution < -0.4 is 9.64 Å². The van der Waals surface area contributed by atoms with Crippen LogP contribution in [0.3, 0.4) is 0 Å². The zero-order chi connectivity index (χ0) is 24.5. The van der Waals surface area contributed by atoms with E-state index in [1.807, 2.05) is 24.3 Å². The van der Waals surface area contributed by atoms with Crippen LogP contribution in [0.25, 0.3) is 22.3 Å². The Morgan fingerprint density at radius 1 is 0.500 bits per heavy atom. The van der Waals surface area contributed by atoms with Crippen molar-refractivity contribution in [3.8, 4) is 33.8 Å². The van der Waals surface area contributed by atoms with E-state index in [9.17, 15) is 0 Å². The van der Waals surface area contributed by atoms with E-state index in [1.54, 1.807) is 0 Å². The number of anilines is 3. The first-order valence-electron chi connectivity index (χ1n) is 12.7. The largest absolute Gasteiger partial charge is 0.453 e. The summed E-state index contributed by atoms with van der Waals surface area (Å²) >= 11 is 0. The summed E-state index contributed by atoms with van der Waals surface area (Å²) in [7, 11) is 0. The monoisotopic (exact) mass is 467 g/mol. The zero-order valence-corrected chi connectivity index (χ0v) is 20.7. The minimum atomic E-state index is 0.864. The number of para-hydroxylation sites is 4. The maximum absolute atomic E-state index is 6.27. The number of ether oxygens (including phenoxy) is 1. The number of nitrogens with zero attached hydrogens (tertiary/aromatic N) is 1. The third-order valence-electron chi connectivity index (χ3n) is 7.00. The van der Waals surface area contributed by atoms with E-state index in [-0.39, 0.29) is 0 Å². The van der Waals surface area contributed by atoms with Crippen molar-refractivity contribution in [2.75, 3.05) is 4.90 Å². The molecule has 0 N–H and O–H groups in total. The van der Waals surface area contributed by atoms with Gasteiger partial charge in [0.2, 0.25) is 0 Å². The van der Waals surface area contributed by atoms with Crippen molar-refractivity contribution >= 4 is 17.1 Å². The summed E-state index contributed by atoms with van der Waals surface area (Å²) in [6.07, 6.45) is 2.08. The highest BCUT2D eigenvalue weighted by molar-refractivity contribution is 5.90. The molecule has 1 aliphatic heterocycles. The predicted octanol–water partition coefficient (Wildman–Crippen LogP) is 9.72. The van der Waals surface area contributed by atoms with E-state index in [1.165, 1.54) is 33.4 Å². The minimum Gasteiger partial charge on any atom is -0.453 e. The second kappa shape index (κ2) is 9.39. The lowest BCUT2D eigenvalue weighted by atomic mass is 9.95. The summed E-state index contributed by atoms with van der Waals surface area (Å²) in [6.45, 7) is 4.39. The minimum absolute atomic E-state index is 0.864. The molecule has 0 atom stereocenters. The Kier molecular flexibility index (Phi) is 5.79. The number of rotatable bonds is 5. The number of hydrogen-bond donors (Lipinski definition) is 0. The lowest BCUT2D eigenvalue weighted by molar-refractivity contribution is 0.477. The summed E-state index contributed by atoms with van der Waals surface area (Å²) < 4.78 is 6.27. The lowest BCUT2D eigenvalue weighted by Gasteiger charge is -2.33. The highest BCUT2D eigenvalue weighted by Crippen LogP contribution is 2.51. The molecule has 1 aliphatic rings. The lowest BCUT2D eigenvalue weighted by Crippen LogP contribution is -2.15. The van der Waals surface area contributed by atoms with Crippen LogP contribution in [0.5, 0.6) is 11.5 Å².